The molecule has 11 heteroatoms. The quantitative estimate of drug-likeness (QED) is 0.189. The number of rotatable bonds is 11. The molecule has 0 spiro atoms. The van der Waals surface area contributed by atoms with Crippen LogP contribution in [0.1, 0.15) is 138 Å². The maximum absolute atomic E-state index is 14.4. The highest BCUT2D eigenvalue weighted by molar-refractivity contribution is 6.30. The van der Waals surface area contributed by atoms with E-state index in [0.29, 0.717) is 48.0 Å². The van der Waals surface area contributed by atoms with E-state index in [-0.39, 0.29) is 58.2 Å². The molecule has 318 valence electrons. The van der Waals surface area contributed by atoms with Gasteiger partial charge in [0, 0.05) is 40.9 Å². The summed E-state index contributed by atoms with van der Waals surface area (Å²) in [4.78, 5) is 39.4. The lowest BCUT2D eigenvalue weighted by Crippen LogP contribution is -2.66. The molecule has 0 radical (unpaired) electrons. The minimum absolute atomic E-state index is 0.0152. The van der Waals surface area contributed by atoms with Gasteiger partial charge in [-0.25, -0.2) is 0 Å². The number of nitrogens with one attached hydrogen (secondary N) is 1. The van der Waals surface area contributed by atoms with Crippen molar-refractivity contribution in [2.45, 2.75) is 145 Å². The molecule has 58 heavy (non-hydrogen) atoms. The molecule has 5 aliphatic carbocycles. The number of carboxylic acid groups (broad SMARTS) is 1. The van der Waals surface area contributed by atoms with E-state index in [1.807, 2.05) is 35.9 Å². The summed E-state index contributed by atoms with van der Waals surface area (Å²) in [7, 11) is 1.91. The fraction of sp³-hybridized carbons (Fsp3) is 0.723. The van der Waals surface area contributed by atoms with Crippen molar-refractivity contribution in [1.82, 2.24) is 20.1 Å². The van der Waals surface area contributed by atoms with Crippen LogP contribution in [0.3, 0.4) is 0 Å². The maximum atomic E-state index is 14.4. The molecular formula is C47H67ClN4O6. The van der Waals surface area contributed by atoms with E-state index in [1.54, 1.807) is 13.8 Å². The molecule has 5 aliphatic rings. The zero-order valence-electron chi connectivity index (χ0n) is 36.5. The molecule has 1 aromatic carbocycles. The van der Waals surface area contributed by atoms with Gasteiger partial charge in [0.25, 0.3) is 0 Å². The van der Waals surface area contributed by atoms with Crippen LogP contribution in [0.2, 0.25) is 5.02 Å². The number of esters is 1. The molecule has 2 aromatic rings. The van der Waals surface area contributed by atoms with Crippen molar-refractivity contribution >= 4 is 29.3 Å². The van der Waals surface area contributed by atoms with Crippen molar-refractivity contribution in [3.05, 3.63) is 46.3 Å². The Balaban J connectivity index is 1.22. The van der Waals surface area contributed by atoms with Gasteiger partial charge in [0.05, 0.1) is 11.8 Å². The van der Waals surface area contributed by atoms with E-state index in [2.05, 4.69) is 58.9 Å². The lowest BCUT2D eigenvalue weighted by molar-refractivity contribution is -0.235. The van der Waals surface area contributed by atoms with Gasteiger partial charge < -0.3 is 24.8 Å². The summed E-state index contributed by atoms with van der Waals surface area (Å²) >= 11 is 6.25. The van der Waals surface area contributed by atoms with Crippen LogP contribution in [-0.2, 0) is 25.7 Å². The molecular weight excluding hydrogens is 752 g/mol. The molecule has 7 rings (SSSR count). The number of ketones is 1. The number of nitrogens with zero attached hydrogens (tertiary/aromatic N) is 3. The SMILES string of the molecule is CNCCn1c(-c2ccc(Cl)cc2)nnc1[C@@H](O)[C@@]12CC[C@]3(C)[C@H](CC[C@@H]4[C@@]5(C)CC[C@H](OC(=O)CC(C)(C)C(=O)O)C(C)(C)[C@@H]5CC[C@]43C)C1=C(C(C)C)C(=O)C2. The average Bonchev–Trinajstić information content (AvgIpc) is 3.70. The molecule has 3 N–H and O–H groups in total. The van der Waals surface area contributed by atoms with Gasteiger partial charge >= 0.3 is 11.9 Å². The van der Waals surface area contributed by atoms with Crippen LogP contribution in [0.5, 0.6) is 0 Å². The molecule has 10 nitrogen and oxygen atoms in total. The predicted octanol–water partition coefficient (Wildman–Crippen LogP) is 9.24. The van der Waals surface area contributed by atoms with Gasteiger partial charge in [-0.1, -0.05) is 60.1 Å². The Bertz CT molecular complexity index is 1990. The Morgan fingerprint density at radius 3 is 2.29 bits per heavy atom. The summed E-state index contributed by atoms with van der Waals surface area (Å²) < 4.78 is 8.23. The highest BCUT2D eigenvalue weighted by Crippen LogP contribution is 2.77. The van der Waals surface area contributed by atoms with Crippen LogP contribution in [-0.4, -0.2) is 62.4 Å². The first kappa shape index (κ1) is 43.0. The summed E-state index contributed by atoms with van der Waals surface area (Å²) in [5.41, 5.74) is 0.669. The third-order valence-electron chi connectivity index (χ3n) is 17.1. The number of allylic oxidation sites excluding steroid dienone is 1. The zero-order chi connectivity index (χ0) is 42.4. The number of ether oxygens (including phenoxy) is 1. The number of aliphatic hydroxyl groups excluding tert-OH is 1. The van der Waals surface area contributed by atoms with E-state index in [4.69, 9.17) is 21.4 Å². The lowest BCUT2D eigenvalue weighted by atomic mass is 9.33. The summed E-state index contributed by atoms with van der Waals surface area (Å²) in [6.07, 6.45) is 6.21. The van der Waals surface area contributed by atoms with Crippen molar-refractivity contribution in [2.24, 2.45) is 56.2 Å². The highest BCUT2D eigenvalue weighted by atomic mass is 35.5. The number of hydrogen-bond acceptors (Lipinski definition) is 8. The lowest BCUT2D eigenvalue weighted by Gasteiger charge is -2.72. The molecule has 0 bridgehead atoms. The number of likely N-dealkylation sites (N-methyl/N-ethyl adjacent to an activating group) is 1. The van der Waals surface area contributed by atoms with Crippen LogP contribution in [0.15, 0.2) is 35.4 Å². The van der Waals surface area contributed by atoms with Gasteiger partial charge in [0.15, 0.2) is 17.4 Å². The number of carboxylic acids is 1. The number of carbonyl (C=O) groups is 3. The Hall–Kier alpha value is -3.08. The van der Waals surface area contributed by atoms with Crippen molar-refractivity contribution in [1.29, 1.82) is 0 Å². The van der Waals surface area contributed by atoms with E-state index in [1.165, 1.54) is 5.57 Å². The second-order valence-electron chi connectivity index (χ2n) is 21.1. The van der Waals surface area contributed by atoms with E-state index in [0.717, 1.165) is 56.1 Å². The van der Waals surface area contributed by atoms with Gasteiger partial charge in [-0.2, -0.15) is 0 Å². The van der Waals surface area contributed by atoms with Crippen LogP contribution < -0.4 is 5.32 Å². The van der Waals surface area contributed by atoms with Gasteiger partial charge in [0.2, 0.25) is 0 Å². The average molecular weight is 820 g/mol. The van der Waals surface area contributed by atoms with Gasteiger partial charge in [-0.3, -0.25) is 14.4 Å². The first-order valence-electron chi connectivity index (χ1n) is 21.8. The second kappa shape index (κ2) is 14.8. The fourth-order valence-corrected chi connectivity index (χ4v) is 14.0. The minimum Gasteiger partial charge on any atom is -0.481 e. The first-order valence-corrected chi connectivity index (χ1v) is 22.2. The van der Waals surface area contributed by atoms with E-state index >= 15 is 0 Å². The summed E-state index contributed by atoms with van der Waals surface area (Å²) in [6.45, 7) is 20.7. The van der Waals surface area contributed by atoms with Crippen LogP contribution >= 0.6 is 11.6 Å². The molecule has 4 fully saturated rings. The van der Waals surface area contributed by atoms with Crippen molar-refractivity contribution < 1.29 is 29.3 Å². The summed E-state index contributed by atoms with van der Waals surface area (Å²) in [5, 5.41) is 35.8. The number of aliphatic carboxylic acids is 1. The number of hydrogen-bond donors (Lipinski definition) is 3. The van der Waals surface area contributed by atoms with Crippen molar-refractivity contribution in [3.8, 4) is 11.4 Å². The number of benzene rings is 1. The van der Waals surface area contributed by atoms with Crippen molar-refractivity contribution in [3.63, 3.8) is 0 Å². The molecule has 0 saturated heterocycles. The van der Waals surface area contributed by atoms with E-state index < -0.39 is 28.9 Å². The maximum Gasteiger partial charge on any atom is 0.309 e. The number of Topliss-reactive ketones (excluding diaryl/α,β-unsaturated/α-hetero) is 1. The van der Waals surface area contributed by atoms with Gasteiger partial charge in [0.1, 0.15) is 12.2 Å². The molecule has 4 saturated carbocycles. The number of aromatic nitrogens is 3. The number of carbonyl (C=O) groups excluding carboxylic acids is 2. The van der Waals surface area contributed by atoms with E-state index in [9.17, 15) is 24.6 Å². The smallest absolute Gasteiger partial charge is 0.309 e. The zero-order valence-corrected chi connectivity index (χ0v) is 37.3. The molecule has 1 aromatic heterocycles. The Morgan fingerprint density at radius 2 is 1.66 bits per heavy atom. The first-order chi connectivity index (χ1) is 27.1. The molecule has 9 atom stereocenters. The highest BCUT2D eigenvalue weighted by Gasteiger charge is 2.71. The fourth-order valence-electron chi connectivity index (χ4n) is 13.9. The Morgan fingerprint density at radius 1 is 0.966 bits per heavy atom. The minimum atomic E-state index is -1.18. The number of aliphatic hydroxyl groups is 1. The predicted molar refractivity (Wildman–Crippen MR) is 225 cm³/mol. The molecule has 0 amide bonds. The number of halogens is 1. The van der Waals surface area contributed by atoms with Crippen LogP contribution in [0.25, 0.3) is 11.4 Å². The van der Waals surface area contributed by atoms with Crippen molar-refractivity contribution in [2.75, 3.05) is 13.6 Å². The summed E-state index contributed by atoms with van der Waals surface area (Å²) in [5.74, 6) is 0.862. The largest absolute Gasteiger partial charge is 0.481 e. The second-order valence-corrected chi connectivity index (χ2v) is 21.5. The van der Waals surface area contributed by atoms with Gasteiger partial charge in [-0.15, -0.1) is 10.2 Å². The monoisotopic (exact) mass is 818 g/mol. The Labute approximate surface area is 350 Å². The normalized spacial score (nSPS) is 34.9. The third kappa shape index (κ3) is 6.43. The van der Waals surface area contributed by atoms with Gasteiger partial charge in [-0.05, 0) is 148 Å². The van der Waals surface area contributed by atoms with Crippen LogP contribution in [0.4, 0.5) is 0 Å². The number of fused-ring (bicyclic) bond motifs is 7. The third-order valence-corrected chi connectivity index (χ3v) is 17.3. The topological polar surface area (TPSA) is 144 Å². The summed E-state index contributed by atoms with van der Waals surface area (Å²) in [6, 6.07) is 7.55. The van der Waals surface area contributed by atoms with Crippen LogP contribution in [0, 0.1) is 56.2 Å². The molecule has 0 aliphatic heterocycles. The standard InChI is InChI=1S/C47H67ClN4O6/c1-27(2)36-31(53)25-47(38(55)40-51-50-39(52(40)24-23-49-10)28-11-13-29(48)14-12-28)22-21-45(8)30(37(36)47)15-16-33-44(7)19-18-34(58-35(54)26-42(3,4)41(56)57)43(5,6)32(44)17-20-46(33,45)9/h11-14,27,30,32-34,38,49,55H,15-26H2,1-10H3,(H,56,57)/t30-,32+,33-,34+,38-,44+,45-,46-,47-/m1/s1. The molecule has 0 unspecified atom stereocenters. The molecule has 1 heterocycles. The Kier molecular flexibility index (Phi) is 11.0.